The van der Waals surface area contributed by atoms with Crippen molar-refractivity contribution in [1.29, 1.82) is 0 Å². The number of unbranched alkanes of at least 4 members (excludes halogenated alkanes) is 3. The van der Waals surface area contributed by atoms with Gasteiger partial charge in [-0.25, -0.2) is 0 Å². The standard InChI is InChI=1S/C11H26N2/c1-5-6-7-8-9-13(4)10-11(2,3)12/h5-10,12H2,1-4H3/p+1. The van der Waals surface area contributed by atoms with Crippen molar-refractivity contribution in [3.05, 3.63) is 0 Å². The Bertz CT molecular complexity index is 116. The van der Waals surface area contributed by atoms with Gasteiger partial charge in [0.2, 0.25) is 0 Å². The Morgan fingerprint density at radius 2 is 1.77 bits per heavy atom. The molecule has 2 heteroatoms. The Morgan fingerprint density at radius 3 is 2.23 bits per heavy atom. The molecule has 1 unspecified atom stereocenters. The van der Waals surface area contributed by atoms with Crippen LogP contribution in [0.25, 0.3) is 0 Å². The lowest BCUT2D eigenvalue weighted by atomic mass is 10.1. The van der Waals surface area contributed by atoms with Crippen LogP contribution in [0.5, 0.6) is 0 Å². The van der Waals surface area contributed by atoms with Gasteiger partial charge in [0.25, 0.3) is 0 Å². The van der Waals surface area contributed by atoms with Gasteiger partial charge in [0.1, 0.15) is 0 Å². The number of hydrogen-bond donors (Lipinski definition) is 2. The molecule has 2 nitrogen and oxygen atoms in total. The van der Waals surface area contributed by atoms with Crippen LogP contribution in [-0.4, -0.2) is 25.7 Å². The molecule has 0 radical (unpaired) electrons. The van der Waals surface area contributed by atoms with Gasteiger partial charge in [-0.15, -0.1) is 0 Å². The normalized spacial score (nSPS) is 14.5. The van der Waals surface area contributed by atoms with Crippen molar-refractivity contribution < 1.29 is 4.90 Å². The van der Waals surface area contributed by atoms with Gasteiger partial charge < -0.3 is 10.6 Å². The van der Waals surface area contributed by atoms with Gasteiger partial charge in [0, 0.05) is 0 Å². The van der Waals surface area contributed by atoms with Crippen molar-refractivity contribution in [1.82, 2.24) is 0 Å². The van der Waals surface area contributed by atoms with Crippen LogP contribution in [0.15, 0.2) is 0 Å². The van der Waals surface area contributed by atoms with Crippen LogP contribution in [0.2, 0.25) is 0 Å². The average Bonchev–Trinajstić information content (AvgIpc) is 1.94. The number of rotatable bonds is 7. The van der Waals surface area contributed by atoms with Gasteiger partial charge >= 0.3 is 0 Å². The first-order chi connectivity index (χ1) is 5.95. The molecule has 0 aromatic carbocycles. The maximum Gasteiger partial charge on any atom is 0.0946 e. The SMILES string of the molecule is CCCCCC[NH+](C)CC(C)(C)N. The van der Waals surface area contributed by atoms with Crippen molar-refractivity contribution in [3.8, 4) is 0 Å². The predicted molar refractivity (Wildman–Crippen MR) is 59.0 cm³/mol. The van der Waals surface area contributed by atoms with E-state index in [1.165, 1.54) is 32.2 Å². The topological polar surface area (TPSA) is 30.5 Å². The number of nitrogens with two attached hydrogens (primary N) is 1. The molecule has 0 rings (SSSR count). The van der Waals surface area contributed by atoms with Crippen LogP contribution in [0, 0.1) is 0 Å². The second kappa shape index (κ2) is 6.39. The highest BCUT2D eigenvalue weighted by Crippen LogP contribution is 1.96. The van der Waals surface area contributed by atoms with E-state index in [2.05, 4.69) is 27.8 Å². The van der Waals surface area contributed by atoms with Crippen molar-refractivity contribution >= 4 is 0 Å². The van der Waals surface area contributed by atoms with Crippen molar-refractivity contribution in [2.24, 2.45) is 5.73 Å². The maximum absolute atomic E-state index is 5.95. The Morgan fingerprint density at radius 1 is 1.15 bits per heavy atom. The number of nitrogens with one attached hydrogen (secondary N) is 1. The van der Waals surface area contributed by atoms with E-state index in [-0.39, 0.29) is 5.54 Å². The maximum atomic E-state index is 5.95. The lowest BCUT2D eigenvalue weighted by Crippen LogP contribution is -3.11. The van der Waals surface area contributed by atoms with Gasteiger partial charge in [-0.2, -0.15) is 0 Å². The molecule has 0 saturated carbocycles. The molecule has 3 N–H and O–H groups in total. The third-order valence-electron chi connectivity index (χ3n) is 2.21. The second-order valence-electron chi connectivity index (χ2n) is 4.93. The van der Waals surface area contributed by atoms with Crippen LogP contribution >= 0.6 is 0 Å². The first-order valence-electron chi connectivity index (χ1n) is 5.56. The van der Waals surface area contributed by atoms with Crippen LogP contribution in [0.1, 0.15) is 46.5 Å². The molecule has 0 saturated heterocycles. The quantitative estimate of drug-likeness (QED) is 0.568. The lowest BCUT2D eigenvalue weighted by molar-refractivity contribution is -0.883. The molecule has 0 aromatic heterocycles. The van der Waals surface area contributed by atoms with E-state index >= 15 is 0 Å². The fraction of sp³-hybridized carbons (Fsp3) is 1.00. The number of likely N-dealkylation sites (N-methyl/N-ethyl adjacent to an activating group) is 1. The highest BCUT2D eigenvalue weighted by Gasteiger charge is 2.16. The van der Waals surface area contributed by atoms with E-state index in [1.807, 2.05) is 0 Å². The van der Waals surface area contributed by atoms with Crippen LogP contribution in [-0.2, 0) is 0 Å². The second-order valence-corrected chi connectivity index (χ2v) is 4.93. The Hall–Kier alpha value is -0.0800. The van der Waals surface area contributed by atoms with Gasteiger partial charge in [0.05, 0.1) is 25.7 Å². The van der Waals surface area contributed by atoms with E-state index in [0.29, 0.717) is 0 Å². The van der Waals surface area contributed by atoms with Crippen LogP contribution in [0.4, 0.5) is 0 Å². The molecule has 0 aromatic rings. The molecule has 0 aliphatic heterocycles. The fourth-order valence-electron chi connectivity index (χ4n) is 1.72. The summed E-state index contributed by atoms with van der Waals surface area (Å²) in [6, 6.07) is 0. The molecule has 0 fully saturated rings. The third-order valence-corrected chi connectivity index (χ3v) is 2.21. The summed E-state index contributed by atoms with van der Waals surface area (Å²) in [5, 5.41) is 0. The Labute approximate surface area is 83.5 Å². The number of hydrogen-bond acceptors (Lipinski definition) is 1. The van der Waals surface area contributed by atoms with Crippen molar-refractivity contribution in [2.75, 3.05) is 20.1 Å². The number of quaternary nitrogens is 1. The lowest BCUT2D eigenvalue weighted by Gasteiger charge is -2.23. The van der Waals surface area contributed by atoms with Crippen LogP contribution < -0.4 is 10.6 Å². The van der Waals surface area contributed by atoms with Crippen LogP contribution in [0.3, 0.4) is 0 Å². The molecule has 0 spiro atoms. The van der Waals surface area contributed by atoms with Gasteiger partial charge in [0.15, 0.2) is 0 Å². The minimum Gasteiger partial charge on any atom is -0.336 e. The van der Waals surface area contributed by atoms with Gasteiger partial charge in [-0.1, -0.05) is 19.8 Å². The van der Waals surface area contributed by atoms with Crippen molar-refractivity contribution in [3.63, 3.8) is 0 Å². The molecule has 1 atom stereocenters. The van der Waals surface area contributed by atoms with Crippen molar-refractivity contribution in [2.45, 2.75) is 52.0 Å². The Balaban J connectivity index is 3.35. The zero-order valence-electron chi connectivity index (χ0n) is 9.82. The highest BCUT2D eigenvalue weighted by molar-refractivity contribution is 4.68. The minimum absolute atomic E-state index is 0.0190. The molecule has 0 heterocycles. The smallest absolute Gasteiger partial charge is 0.0946 e. The highest BCUT2D eigenvalue weighted by atomic mass is 15.1. The van der Waals surface area contributed by atoms with E-state index in [0.717, 1.165) is 6.54 Å². The first kappa shape index (κ1) is 12.9. The summed E-state index contributed by atoms with van der Waals surface area (Å²) in [4.78, 5) is 1.56. The summed E-state index contributed by atoms with van der Waals surface area (Å²) in [5.74, 6) is 0. The van der Waals surface area contributed by atoms with Gasteiger partial charge in [-0.3, -0.25) is 0 Å². The Kier molecular flexibility index (Phi) is 6.35. The monoisotopic (exact) mass is 187 g/mol. The van der Waals surface area contributed by atoms with E-state index in [1.54, 1.807) is 4.90 Å². The molecule has 0 bridgehead atoms. The molecule has 0 amide bonds. The zero-order chi connectivity index (χ0) is 10.3. The third kappa shape index (κ3) is 9.84. The summed E-state index contributed by atoms with van der Waals surface area (Å²) < 4.78 is 0. The molecule has 13 heavy (non-hydrogen) atoms. The summed E-state index contributed by atoms with van der Waals surface area (Å²) in [7, 11) is 2.24. The van der Waals surface area contributed by atoms with E-state index in [4.69, 9.17) is 5.73 Å². The largest absolute Gasteiger partial charge is 0.336 e. The molecule has 0 aliphatic rings. The summed E-state index contributed by atoms with van der Waals surface area (Å²) in [5.41, 5.74) is 5.93. The first-order valence-corrected chi connectivity index (χ1v) is 5.56. The minimum atomic E-state index is -0.0190. The molecule has 80 valence electrons. The summed E-state index contributed by atoms with van der Waals surface area (Å²) in [6.45, 7) is 8.78. The zero-order valence-corrected chi connectivity index (χ0v) is 9.82. The molecule has 0 aliphatic carbocycles. The van der Waals surface area contributed by atoms with E-state index in [9.17, 15) is 0 Å². The molecular formula is C11H27N2+. The van der Waals surface area contributed by atoms with E-state index < -0.39 is 0 Å². The fourth-order valence-corrected chi connectivity index (χ4v) is 1.72. The predicted octanol–water partition coefficient (Wildman–Crippen LogP) is 0.819. The summed E-state index contributed by atoms with van der Waals surface area (Å²) >= 11 is 0. The molecular weight excluding hydrogens is 160 g/mol. The summed E-state index contributed by atoms with van der Waals surface area (Å²) in [6.07, 6.45) is 5.41. The average molecular weight is 187 g/mol. The van der Waals surface area contributed by atoms with Gasteiger partial charge in [-0.05, 0) is 26.7 Å².